The maximum absolute atomic E-state index is 12.5. The molecule has 0 fully saturated rings. The van der Waals surface area contributed by atoms with E-state index < -0.39 is 11.8 Å². The lowest BCUT2D eigenvalue weighted by Gasteiger charge is -2.14. The molecule has 0 saturated carbocycles. The van der Waals surface area contributed by atoms with Crippen LogP contribution in [-0.2, 0) is 4.79 Å². The summed E-state index contributed by atoms with van der Waals surface area (Å²) in [6.45, 7) is 3.47. The van der Waals surface area contributed by atoms with Gasteiger partial charge in [0.15, 0.2) is 11.5 Å². The Hall–Kier alpha value is -3.75. The summed E-state index contributed by atoms with van der Waals surface area (Å²) in [7, 11) is 2.95. The first-order valence-electron chi connectivity index (χ1n) is 8.76. The smallest absolute Gasteiger partial charge is 0.273 e. The second-order valence-corrected chi connectivity index (χ2v) is 5.80. The number of anilines is 1. The largest absolute Gasteiger partial charge is 0.493 e. The highest BCUT2D eigenvalue weighted by molar-refractivity contribution is 6.01. The van der Waals surface area contributed by atoms with Crippen molar-refractivity contribution in [2.75, 3.05) is 26.1 Å². The minimum absolute atomic E-state index is 0.202. The van der Waals surface area contributed by atoms with Crippen molar-refractivity contribution in [3.63, 3.8) is 0 Å². The molecule has 0 aromatic heterocycles. The van der Waals surface area contributed by atoms with Crippen molar-refractivity contribution in [2.45, 2.75) is 13.8 Å². The van der Waals surface area contributed by atoms with Gasteiger partial charge in [-0.3, -0.25) is 25.2 Å². The van der Waals surface area contributed by atoms with Crippen LogP contribution in [0.1, 0.15) is 34.6 Å². The van der Waals surface area contributed by atoms with Crippen molar-refractivity contribution in [1.29, 1.82) is 0 Å². The van der Waals surface area contributed by atoms with Crippen molar-refractivity contribution < 1.29 is 28.6 Å². The number of methoxy groups -OCH3 is 2. The summed E-state index contributed by atoms with van der Waals surface area (Å²) in [5, 5.41) is 2.62. The van der Waals surface area contributed by atoms with Crippen LogP contribution in [0.25, 0.3) is 0 Å². The number of nitrogens with one attached hydrogen (secondary N) is 3. The predicted octanol–water partition coefficient (Wildman–Crippen LogP) is 2.14. The summed E-state index contributed by atoms with van der Waals surface area (Å²) < 4.78 is 15.8. The highest BCUT2D eigenvalue weighted by atomic mass is 16.5. The first kappa shape index (κ1) is 21.5. The first-order chi connectivity index (χ1) is 13.9. The zero-order valence-corrected chi connectivity index (χ0v) is 16.6. The summed E-state index contributed by atoms with van der Waals surface area (Å²) in [5.74, 6) is -0.209. The Bertz CT molecular complexity index is 913. The second-order valence-electron chi connectivity index (χ2n) is 5.80. The Morgan fingerprint density at radius 2 is 1.55 bits per heavy atom. The van der Waals surface area contributed by atoms with Crippen LogP contribution < -0.4 is 30.4 Å². The van der Waals surface area contributed by atoms with Crippen molar-refractivity contribution in [1.82, 2.24) is 10.9 Å². The van der Waals surface area contributed by atoms with E-state index in [1.807, 2.05) is 0 Å². The molecule has 2 aromatic rings. The van der Waals surface area contributed by atoms with Crippen molar-refractivity contribution in [3.05, 3.63) is 47.5 Å². The van der Waals surface area contributed by atoms with Crippen LogP contribution >= 0.6 is 0 Å². The van der Waals surface area contributed by atoms with Gasteiger partial charge in [0.2, 0.25) is 5.91 Å². The standard InChI is InChI=1S/C20H23N3O6/c1-5-29-17-11-14(21-12(2)24)7-8-15(17)20(26)23-22-19(25)13-6-9-16(27-3)18(10-13)28-4/h6-11H,5H2,1-4H3,(H,21,24)(H,22,25)(H,23,26). The molecule has 9 heteroatoms. The third kappa shape index (κ3) is 5.61. The quantitative estimate of drug-likeness (QED) is 0.613. The maximum Gasteiger partial charge on any atom is 0.273 e. The molecule has 0 aliphatic heterocycles. The van der Waals surface area contributed by atoms with E-state index in [-0.39, 0.29) is 22.8 Å². The molecule has 3 N–H and O–H groups in total. The van der Waals surface area contributed by atoms with Crippen LogP contribution in [0.4, 0.5) is 5.69 Å². The van der Waals surface area contributed by atoms with Gasteiger partial charge in [-0.15, -0.1) is 0 Å². The lowest BCUT2D eigenvalue weighted by molar-refractivity contribution is -0.114. The molecular weight excluding hydrogens is 378 g/mol. The fraction of sp³-hybridized carbons (Fsp3) is 0.250. The van der Waals surface area contributed by atoms with Crippen LogP contribution in [0.5, 0.6) is 17.2 Å². The molecular formula is C20H23N3O6. The molecule has 0 spiro atoms. The fourth-order valence-corrected chi connectivity index (χ4v) is 2.50. The lowest BCUT2D eigenvalue weighted by Crippen LogP contribution is -2.41. The number of rotatable bonds is 7. The molecule has 2 rings (SSSR count). The third-order valence-electron chi connectivity index (χ3n) is 3.78. The van der Waals surface area contributed by atoms with Gasteiger partial charge in [-0.2, -0.15) is 0 Å². The number of carbonyl (C=O) groups is 3. The van der Waals surface area contributed by atoms with Crippen molar-refractivity contribution >= 4 is 23.4 Å². The van der Waals surface area contributed by atoms with Gasteiger partial charge in [0.25, 0.3) is 11.8 Å². The van der Waals surface area contributed by atoms with Gasteiger partial charge in [-0.1, -0.05) is 0 Å². The number of carbonyl (C=O) groups excluding carboxylic acids is 3. The Morgan fingerprint density at radius 1 is 0.862 bits per heavy atom. The highest BCUT2D eigenvalue weighted by Gasteiger charge is 2.16. The molecule has 2 aromatic carbocycles. The molecule has 0 unspecified atom stereocenters. The van der Waals surface area contributed by atoms with Crippen LogP contribution in [0.15, 0.2) is 36.4 Å². The average Bonchev–Trinajstić information content (AvgIpc) is 2.71. The number of hydrogen-bond acceptors (Lipinski definition) is 6. The van der Waals surface area contributed by atoms with Gasteiger partial charge in [0.1, 0.15) is 5.75 Å². The minimum Gasteiger partial charge on any atom is -0.493 e. The van der Waals surface area contributed by atoms with Crippen LogP contribution in [0.3, 0.4) is 0 Å². The molecule has 0 aliphatic carbocycles. The first-order valence-corrected chi connectivity index (χ1v) is 8.76. The third-order valence-corrected chi connectivity index (χ3v) is 3.78. The summed E-state index contributed by atoms with van der Waals surface area (Å²) in [6, 6.07) is 9.22. The number of benzene rings is 2. The van der Waals surface area contributed by atoms with Gasteiger partial charge in [0, 0.05) is 24.2 Å². The summed E-state index contributed by atoms with van der Waals surface area (Å²) >= 11 is 0. The van der Waals surface area contributed by atoms with Gasteiger partial charge in [0.05, 0.1) is 26.4 Å². The Morgan fingerprint density at radius 3 is 2.17 bits per heavy atom. The maximum atomic E-state index is 12.5. The van der Waals surface area contributed by atoms with E-state index in [0.29, 0.717) is 23.8 Å². The van der Waals surface area contributed by atoms with E-state index in [9.17, 15) is 14.4 Å². The Kier molecular flexibility index (Phi) is 7.41. The molecule has 9 nitrogen and oxygen atoms in total. The fourth-order valence-electron chi connectivity index (χ4n) is 2.50. The van der Waals surface area contributed by atoms with Gasteiger partial charge < -0.3 is 19.5 Å². The second kappa shape index (κ2) is 9.98. The monoisotopic (exact) mass is 401 g/mol. The minimum atomic E-state index is -0.573. The topological polar surface area (TPSA) is 115 Å². The lowest BCUT2D eigenvalue weighted by atomic mass is 10.1. The molecule has 29 heavy (non-hydrogen) atoms. The molecule has 0 aliphatic rings. The summed E-state index contributed by atoms with van der Waals surface area (Å²) in [5.41, 5.74) is 5.65. The zero-order valence-electron chi connectivity index (χ0n) is 16.6. The molecule has 0 heterocycles. The van der Waals surface area contributed by atoms with Crippen LogP contribution in [0, 0.1) is 0 Å². The molecule has 154 valence electrons. The number of amides is 3. The summed E-state index contributed by atoms with van der Waals surface area (Å²) in [6.07, 6.45) is 0. The van der Waals surface area contributed by atoms with Crippen molar-refractivity contribution in [2.24, 2.45) is 0 Å². The van der Waals surface area contributed by atoms with E-state index in [4.69, 9.17) is 14.2 Å². The van der Waals surface area contributed by atoms with E-state index in [2.05, 4.69) is 16.2 Å². The van der Waals surface area contributed by atoms with Crippen LogP contribution in [-0.4, -0.2) is 38.5 Å². The van der Waals surface area contributed by atoms with E-state index >= 15 is 0 Å². The van der Waals surface area contributed by atoms with Crippen LogP contribution in [0.2, 0.25) is 0 Å². The molecule has 0 bridgehead atoms. The average molecular weight is 401 g/mol. The van der Waals surface area contributed by atoms with E-state index in [1.165, 1.54) is 45.4 Å². The Labute approximate surface area is 168 Å². The number of hydrogen-bond donors (Lipinski definition) is 3. The summed E-state index contributed by atoms with van der Waals surface area (Å²) in [4.78, 5) is 36.0. The van der Waals surface area contributed by atoms with Gasteiger partial charge >= 0.3 is 0 Å². The SMILES string of the molecule is CCOc1cc(NC(C)=O)ccc1C(=O)NNC(=O)c1ccc(OC)c(OC)c1. The molecule has 0 saturated heterocycles. The van der Waals surface area contributed by atoms with E-state index in [0.717, 1.165) is 0 Å². The highest BCUT2D eigenvalue weighted by Crippen LogP contribution is 2.27. The normalized spacial score (nSPS) is 9.93. The molecule has 0 atom stereocenters. The van der Waals surface area contributed by atoms with Gasteiger partial charge in [-0.25, -0.2) is 0 Å². The van der Waals surface area contributed by atoms with Crippen molar-refractivity contribution in [3.8, 4) is 17.2 Å². The number of ether oxygens (including phenoxy) is 3. The zero-order chi connectivity index (χ0) is 21.4. The van der Waals surface area contributed by atoms with E-state index in [1.54, 1.807) is 19.1 Å². The number of hydrazine groups is 1. The Balaban J connectivity index is 2.11. The van der Waals surface area contributed by atoms with Gasteiger partial charge in [-0.05, 0) is 37.3 Å². The predicted molar refractivity (Wildman–Crippen MR) is 106 cm³/mol. The molecule has 0 radical (unpaired) electrons. The molecule has 3 amide bonds.